The van der Waals surface area contributed by atoms with E-state index in [1.807, 2.05) is 25.1 Å². The molecule has 19 heavy (non-hydrogen) atoms. The SMILES string of the molecule is Cc1ccc(Br)cc1NC(=O)NC1CCCCC1O. The van der Waals surface area contributed by atoms with Gasteiger partial charge >= 0.3 is 6.03 Å². The molecular weight excluding hydrogens is 308 g/mol. The van der Waals surface area contributed by atoms with Gasteiger partial charge in [-0.1, -0.05) is 34.8 Å². The molecule has 1 aromatic carbocycles. The lowest BCUT2D eigenvalue weighted by Crippen LogP contribution is -2.46. The number of anilines is 1. The van der Waals surface area contributed by atoms with Crippen molar-refractivity contribution in [2.75, 3.05) is 5.32 Å². The Morgan fingerprint density at radius 1 is 1.37 bits per heavy atom. The van der Waals surface area contributed by atoms with Crippen LogP contribution in [0.4, 0.5) is 10.5 Å². The number of halogens is 1. The predicted molar refractivity (Wildman–Crippen MR) is 79.3 cm³/mol. The first-order chi connectivity index (χ1) is 9.06. The summed E-state index contributed by atoms with van der Waals surface area (Å²) >= 11 is 3.38. The summed E-state index contributed by atoms with van der Waals surface area (Å²) in [6.45, 7) is 1.94. The van der Waals surface area contributed by atoms with Gasteiger partial charge in [-0.25, -0.2) is 4.79 Å². The van der Waals surface area contributed by atoms with E-state index in [0.29, 0.717) is 0 Å². The van der Waals surface area contributed by atoms with Crippen LogP contribution in [0.3, 0.4) is 0 Å². The van der Waals surface area contributed by atoms with E-state index in [0.717, 1.165) is 41.4 Å². The first-order valence-electron chi connectivity index (χ1n) is 6.58. The van der Waals surface area contributed by atoms with Crippen molar-refractivity contribution >= 4 is 27.6 Å². The topological polar surface area (TPSA) is 61.4 Å². The largest absolute Gasteiger partial charge is 0.391 e. The summed E-state index contributed by atoms with van der Waals surface area (Å²) < 4.78 is 0.922. The van der Waals surface area contributed by atoms with Gasteiger partial charge in [0.25, 0.3) is 0 Å². The third kappa shape index (κ3) is 3.94. The molecule has 2 amide bonds. The van der Waals surface area contributed by atoms with Gasteiger partial charge in [0.05, 0.1) is 12.1 Å². The number of aryl methyl sites for hydroxylation is 1. The molecule has 2 atom stereocenters. The molecule has 104 valence electrons. The number of carbonyl (C=O) groups excluding carboxylic acids is 1. The van der Waals surface area contributed by atoms with Crippen LogP contribution in [0.15, 0.2) is 22.7 Å². The number of aliphatic hydroxyl groups is 1. The highest BCUT2D eigenvalue weighted by Gasteiger charge is 2.24. The Bertz CT molecular complexity index is 465. The quantitative estimate of drug-likeness (QED) is 0.781. The Balaban J connectivity index is 1.95. The van der Waals surface area contributed by atoms with Crippen LogP contribution in [0.5, 0.6) is 0 Å². The summed E-state index contributed by atoms with van der Waals surface area (Å²) in [4.78, 5) is 11.9. The maximum Gasteiger partial charge on any atom is 0.319 e. The Kier molecular flexibility index (Phi) is 4.82. The Labute approximate surface area is 121 Å². The summed E-state index contributed by atoms with van der Waals surface area (Å²) in [5, 5.41) is 15.5. The lowest BCUT2D eigenvalue weighted by Gasteiger charge is -2.28. The molecular formula is C14H19BrN2O2. The number of benzene rings is 1. The maximum atomic E-state index is 11.9. The van der Waals surface area contributed by atoms with Crippen LogP contribution in [0.2, 0.25) is 0 Å². The van der Waals surface area contributed by atoms with E-state index in [1.54, 1.807) is 0 Å². The van der Waals surface area contributed by atoms with E-state index >= 15 is 0 Å². The summed E-state index contributed by atoms with van der Waals surface area (Å²) in [5.74, 6) is 0. The van der Waals surface area contributed by atoms with Gasteiger partial charge < -0.3 is 15.7 Å². The molecule has 5 heteroatoms. The molecule has 1 aromatic rings. The van der Waals surface area contributed by atoms with Gasteiger partial charge in [0.2, 0.25) is 0 Å². The molecule has 0 radical (unpaired) electrons. The number of hydrogen-bond acceptors (Lipinski definition) is 2. The average molecular weight is 327 g/mol. The minimum atomic E-state index is -0.428. The van der Waals surface area contributed by atoms with Crippen molar-refractivity contribution in [1.82, 2.24) is 5.32 Å². The van der Waals surface area contributed by atoms with Crippen LogP contribution in [0.25, 0.3) is 0 Å². The zero-order chi connectivity index (χ0) is 13.8. The summed E-state index contributed by atoms with van der Waals surface area (Å²) in [7, 11) is 0. The number of nitrogens with one attached hydrogen (secondary N) is 2. The fourth-order valence-corrected chi connectivity index (χ4v) is 2.70. The molecule has 0 spiro atoms. The van der Waals surface area contributed by atoms with Crippen molar-refractivity contribution in [2.24, 2.45) is 0 Å². The first-order valence-corrected chi connectivity index (χ1v) is 7.37. The number of carbonyl (C=O) groups is 1. The molecule has 0 aromatic heterocycles. The molecule has 2 unspecified atom stereocenters. The normalized spacial score (nSPS) is 22.9. The molecule has 0 aliphatic heterocycles. The van der Waals surface area contributed by atoms with Gasteiger partial charge in [-0.2, -0.15) is 0 Å². The molecule has 1 aliphatic rings. The molecule has 3 N–H and O–H groups in total. The van der Waals surface area contributed by atoms with Crippen LogP contribution in [-0.4, -0.2) is 23.3 Å². The van der Waals surface area contributed by atoms with Gasteiger partial charge in [0, 0.05) is 10.2 Å². The van der Waals surface area contributed by atoms with Crippen molar-refractivity contribution < 1.29 is 9.90 Å². The van der Waals surface area contributed by atoms with E-state index < -0.39 is 6.10 Å². The molecule has 1 aliphatic carbocycles. The molecule has 0 bridgehead atoms. The zero-order valence-corrected chi connectivity index (χ0v) is 12.5. The van der Waals surface area contributed by atoms with Crippen molar-refractivity contribution in [2.45, 2.75) is 44.8 Å². The summed E-state index contributed by atoms with van der Waals surface area (Å²) in [5.41, 5.74) is 1.78. The van der Waals surface area contributed by atoms with E-state index in [1.165, 1.54) is 0 Å². The first kappa shape index (κ1) is 14.3. The predicted octanol–water partition coefficient (Wildman–Crippen LogP) is 3.18. The number of rotatable bonds is 2. The van der Waals surface area contributed by atoms with Crippen molar-refractivity contribution in [3.8, 4) is 0 Å². The van der Waals surface area contributed by atoms with Crippen LogP contribution >= 0.6 is 15.9 Å². The fourth-order valence-electron chi connectivity index (χ4n) is 2.34. The lowest BCUT2D eigenvalue weighted by atomic mass is 9.93. The van der Waals surface area contributed by atoms with E-state index in [4.69, 9.17) is 0 Å². The van der Waals surface area contributed by atoms with Crippen LogP contribution < -0.4 is 10.6 Å². The van der Waals surface area contributed by atoms with Crippen molar-refractivity contribution in [3.63, 3.8) is 0 Å². The highest BCUT2D eigenvalue weighted by atomic mass is 79.9. The Morgan fingerprint density at radius 3 is 2.84 bits per heavy atom. The van der Waals surface area contributed by atoms with Crippen molar-refractivity contribution in [3.05, 3.63) is 28.2 Å². The van der Waals surface area contributed by atoms with E-state index in [9.17, 15) is 9.90 Å². The second-order valence-electron chi connectivity index (χ2n) is 5.02. The third-order valence-corrected chi connectivity index (χ3v) is 3.99. The van der Waals surface area contributed by atoms with Gasteiger partial charge in [-0.15, -0.1) is 0 Å². The second kappa shape index (κ2) is 6.39. The zero-order valence-electron chi connectivity index (χ0n) is 10.9. The summed E-state index contributed by atoms with van der Waals surface area (Å²) in [6, 6.07) is 5.35. The lowest BCUT2D eigenvalue weighted by molar-refractivity contribution is 0.0955. The number of urea groups is 1. The third-order valence-electron chi connectivity index (χ3n) is 3.49. The van der Waals surface area contributed by atoms with Crippen LogP contribution in [0, 0.1) is 6.92 Å². The molecule has 2 rings (SSSR count). The molecule has 0 saturated heterocycles. The van der Waals surface area contributed by atoms with Gasteiger partial charge in [0.1, 0.15) is 0 Å². The van der Waals surface area contributed by atoms with E-state index in [2.05, 4.69) is 26.6 Å². The standard InChI is InChI=1S/C14H19BrN2O2/c1-9-6-7-10(15)8-12(9)17-14(19)16-11-4-2-3-5-13(11)18/h6-8,11,13,18H,2-5H2,1H3,(H2,16,17,19). The Morgan fingerprint density at radius 2 is 2.11 bits per heavy atom. The van der Waals surface area contributed by atoms with E-state index in [-0.39, 0.29) is 12.1 Å². The highest BCUT2D eigenvalue weighted by Crippen LogP contribution is 2.21. The van der Waals surface area contributed by atoms with Crippen LogP contribution in [0.1, 0.15) is 31.2 Å². The fraction of sp³-hybridized carbons (Fsp3) is 0.500. The monoisotopic (exact) mass is 326 g/mol. The van der Waals surface area contributed by atoms with Gasteiger partial charge in [-0.3, -0.25) is 0 Å². The maximum absolute atomic E-state index is 11.9. The summed E-state index contributed by atoms with van der Waals surface area (Å²) in [6.07, 6.45) is 3.26. The molecule has 4 nitrogen and oxygen atoms in total. The van der Waals surface area contributed by atoms with Gasteiger partial charge in [0.15, 0.2) is 0 Å². The number of amides is 2. The van der Waals surface area contributed by atoms with Crippen molar-refractivity contribution in [1.29, 1.82) is 0 Å². The second-order valence-corrected chi connectivity index (χ2v) is 5.93. The smallest absolute Gasteiger partial charge is 0.319 e. The molecule has 1 saturated carbocycles. The molecule has 1 fully saturated rings. The minimum absolute atomic E-state index is 0.138. The van der Waals surface area contributed by atoms with Crippen LogP contribution in [-0.2, 0) is 0 Å². The highest BCUT2D eigenvalue weighted by molar-refractivity contribution is 9.10. The molecule has 0 heterocycles. The number of hydrogen-bond donors (Lipinski definition) is 3. The van der Waals surface area contributed by atoms with Gasteiger partial charge in [-0.05, 0) is 37.5 Å². The average Bonchev–Trinajstić information content (AvgIpc) is 2.37. The Hall–Kier alpha value is -1.07. The minimum Gasteiger partial charge on any atom is -0.391 e. The number of aliphatic hydroxyl groups excluding tert-OH is 1.